The highest BCUT2D eigenvalue weighted by molar-refractivity contribution is 7.89. The number of alkyl halides is 3. The van der Waals surface area contributed by atoms with E-state index in [0.717, 1.165) is 30.2 Å². The predicted molar refractivity (Wildman–Crippen MR) is 152 cm³/mol. The van der Waals surface area contributed by atoms with Crippen LogP contribution in [-0.4, -0.2) is 63.7 Å². The van der Waals surface area contributed by atoms with E-state index in [0.29, 0.717) is 25.1 Å². The highest BCUT2D eigenvalue weighted by atomic mass is 32.2. The van der Waals surface area contributed by atoms with E-state index < -0.39 is 21.8 Å². The molecule has 0 amide bonds. The van der Waals surface area contributed by atoms with Gasteiger partial charge in [0.1, 0.15) is 0 Å². The van der Waals surface area contributed by atoms with Gasteiger partial charge in [0.2, 0.25) is 10.0 Å². The molecule has 0 saturated carbocycles. The molecule has 39 heavy (non-hydrogen) atoms. The van der Waals surface area contributed by atoms with E-state index in [1.807, 2.05) is 63.2 Å². The number of fused-ring (bicyclic) bond motifs is 1. The summed E-state index contributed by atoms with van der Waals surface area (Å²) in [4.78, 5) is 1.96. The Morgan fingerprint density at radius 2 is 1.77 bits per heavy atom. The molecule has 0 bridgehead atoms. The molecule has 218 valence electrons. The third-order valence-corrected chi connectivity index (χ3v) is 9.62. The second kappa shape index (κ2) is 13.5. The van der Waals surface area contributed by atoms with Crippen molar-refractivity contribution in [1.29, 1.82) is 0 Å². The van der Waals surface area contributed by atoms with E-state index in [2.05, 4.69) is 5.32 Å². The molecule has 0 aliphatic carbocycles. The minimum Gasteiger partial charge on any atom is -0.378 e. The Hall–Kier alpha value is -2.14. The van der Waals surface area contributed by atoms with Gasteiger partial charge in [0.05, 0.1) is 17.4 Å². The van der Waals surface area contributed by atoms with Gasteiger partial charge in [0, 0.05) is 25.3 Å². The maximum absolute atomic E-state index is 13.5. The van der Waals surface area contributed by atoms with Crippen molar-refractivity contribution in [3.05, 3.63) is 65.2 Å². The number of halogens is 3. The maximum Gasteiger partial charge on any atom is 0.416 e. The van der Waals surface area contributed by atoms with E-state index in [4.69, 9.17) is 5.73 Å². The Balaban J connectivity index is 1.78. The summed E-state index contributed by atoms with van der Waals surface area (Å²) in [6.07, 6.45) is -2.38. The van der Waals surface area contributed by atoms with Gasteiger partial charge in [0.15, 0.2) is 0 Å². The molecule has 6 nitrogen and oxygen atoms in total. The Bertz CT molecular complexity index is 1160. The van der Waals surface area contributed by atoms with Crippen LogP contribution in [0.25, 0.3) is 0 Å². The lowest BCUT2D eigenvalue weighted by atomic mass is 9.73. The molecule has 0 spiro atoms. The Labute approximate surface area is 231 Å². The van der Waals surface area contributed by atoms with Gasteiger partial charge in [-0.2, -0.15) is 13.2 Å². The van der Waals surface area contributed by atoms with E-state index in [9.17, 15) is 21.6 Å². The minimum atomic E-state index is -4.40. The van der Waals surface area contributed by atoms with Gasteiger partial charge in [-0.25, -0.2) is 12.7 Å². The van der Waals surface area contributed by atoms with E-state index >= 15 is 0 Å². The van der Waals surface area contributed by atoms with E-state index in [1.54, 1.807) is 0 Å². The van der Waals surface area contributed by atoms with Gasteiger partial charge in [-0.3, -0.25) is 0 Å². The van der Waals surface area contributed by atoms with Crippen LogP contribution >= 0.6 is 0 Å². The SMILES string of the molecule is C[C@H](CC[C@@H]1[C@H](C)c2cc(C(F)(F)F)ccc2N[C@H]1c1ccccc1)CN(CCN)S(=O)(=O)CCCN(C)C. The lowest BCUT2D eigenvalue weighted by molar-refractivity contribution is -0.137. The molecule has 0 unspecified atom stereocenters. The number of nitrogens with zero attached hydrogens (tertiary/aromatic N) is 2. The van der Waals surface area contributed by atoms with Crippen LogP contribution in [0.3, 0.4) is 0 Å². The summed E-state index contributed by atoms with van der Waals surface area (Å²) in [5, 5.41) is 3.52. The molecule has 3 N–H and O–H groups in total. The third kappa shape index (κ3) is 8.42. The molecule has 4 atom stereocenters. The molecule has 1 aliphatic rings. The van der Waals surface area contributed by atoms with Crippen molar-refractivity contribution in [2.24, 2.45) is 17.6 Å². The molecule has 10 heteroatoms. The number of nitrogens with two attached hydrogens (primary N) is 1. The lowest BCUT2D eigenvalue weighted by Gasteiger charge is -2.40. The molecular weight excluding hydrogens is 525 g/mol. The normalized spacial score (nSPS) is 20.6. The smallest absolute Gasteiger partial charge is 0.378 e. The monoisotopic (exact) mass is 568 g/mol. The number of nitrogens with one attached hydrogen (secondary N) is 1. The second-order valence-corrected chi connectivity index (χ2v) is 13.2. The molecule has 2 aromatic rings. The number of benzene rings is 2. The van der Waals surface area contributed by atoms with Gasteiger partial charge in [-0.05, 0) is 87.0 Å². The zero-order valence-electron chi connectivity index (χ0n) is 23.4. The lowest BCUT2D eigenvalue weighted by Crippen LogP contribution is -2.40. The first-order chi connectivity index (χ1) is 18.3. The molecule has 0 aromatic heterocycles. The fourth-order valence-corrected chi connectivity index (χ4v) is 7.16. The molecule has 1 heterocycles. The molecule has 2 aromatic carbocycles. The fourth-order valence-electron chi connectivity index (χ4n) is 5.54. The van der Waals surface area contributed by atoms with Crippen LogP contribution in [0.5, 0.6) is 0 Å². The van der Waals surface area contributed by atoms with Crippen molar-refractivity contribution in [3.63, 3.8) is 0 Å². The number of hydrogen-bond donors (Lipinski definition) is 2. The average Bonchev–Trinajstić information content (AvgIpc) is 2.87. The Morgan fingerprint density at radius 1 is 1.08 bits per heavy atom. The van der Waals surface area contributed by atoms with Crippen LogP contribution in [0.4, 0.5) is 18.9 Å². The fraction of sp³-hybridized carbons (Fsp3) is 0.586. The quantitative estimate of drug-likeness (QED) is 0.331. The standard InChI is InChI=1S/C29H43F3N4O2S/c1-21(20-36(17-15-33)39(37,38)18-8-16-35(3)4)11-13-25-22(2)26-19-24(29(30,31)32)12-14-27(26)34-28(25)23-9-6-5-7-10-23/h5-7,9-10,12,14,19,21-22,25,28,34H,8,11,13,15-18,20,33H2,1-4H3/t21-,22+,25-,28+/m1/s1. The first-order valence-corrected chi connectivity index (χ1v) is 15.3. The number of rotatable bonds is 13. The van der Waals surface area contributed by atoms with Gasteiger partial charge in [-0.15, -0.1) is 0 Å². The van der Waals surface area contributed by atoms with Crippen molar-refractivity contribution in [1.82, 2.24) is 9.21 Å². The van der Waals surface area contributed by atoms with Gasteiger partial charge in [-0.1, -0.05) is 44.2 Å². The zero-order valence-corrected chi connectivity index (χ0v) is 24.2. The second-order valence-electron chi connectivity index (χ2n) is 11.1. The van der Waals surface area contributed by atoms with Crippen LogP contribution in [-0.2, 0) is 16.2 Å². The first kappa shape index (κ1) is 31.4. The van der Waals surface area contributed by atoms with Crippen molar-refractivity contribution >= 4 is 15.7 Å². The van der Waals surface area contributed by atoms with Crippen molar-refractivity contribution in [2.75, 3.05) is 51.3 Å². The summed E-state index contributed by atoms with van der Waals surface area (Å²) in [5.41, 5.74) is 7.60. The average molecular weight is 569 g/mol. The third-order valence-electron chi connectivity index (χ3n) is 7.70. The van der Waals surface area contributed by atoms with Crippen LogP contribution in [0.2, 0.25) is 0 Å². The largest absolute Gasteiger partial charge is 0.416 e. The topological polar surface area (TPSA) is 78.7 Å². The van der Waals surface area contributed by atoms with Gasteiger partial charge in [0.25, 0.3) is 0 Å². The molecule has 3 rings (SSSR count). The van der Waals surface area contributed by atoms with Gasteiger partial charge >= 0.3 is 6.18 Å². The highest BCUT2D eigenvalue weighted by Gasteiger charge is 2.38. The Kier molecular flexibility index (Phi) is 10.8. The van der Waals surface area contributed by atoms with Crippen LogP contribution in [0, 0.1) is 11.8 Å². The molecule has 0 saturated heterocycles. The Morgan fingerprint density at radius 3 is 2.38 bits per heavy atom. The summed E-state index contributed by atoms with van der Waals surface area (Å²) in [7, 11) is 0.396. The van der Waals surface area contributed by atoms with Crippen molar-refractivity contribution in [2.45, 2.75) is 51.2 Å². The minimum absolute atomic E-state index is 0.0329. The number of hydrogen-bond acceptors (Lipinski definition) is 5. The summed E-state index contributed by atoms with van der Waals surface area (Å²) < 4.78 is 68.0. The number of sulfonamides is 1. The molecule has 0 radical (unpaired) electrons. The summed E-state index contributed by atoms with van der Waals surface area (Å²) >= 11 is 0. The predicted octanol–water partition coefficient (Wildman–Crippen LogP) is 5.55. The highest BCUT2D eigenvalue weighted by Crippen LogP contribution is 2.48. The van der Waals surface area contributed by atoms with Crippen LogP contribution in [0.15, 0.2) is 48.5 Å². The first-order valence-electron chi connectivity index (χ1n) is 13.7. The molecular formula is C29H43F3N4O2S. The zero-order chi connectivity index (χ0) is 28.8. The summed E-state index contributed by atoms with van der Waals surface area (Å²) in [5.74, 6) is 0.0589. The number of anilines is 1. The van der Waals surface area contributed by atoms with Crippen LogP contribution < -0.4 is 11.1 Å². The maximum atomic E-state index is 13.5. The molecule has 1 aliphatic heterocycles. The molecule has 0 fully saturated rings. The van der Waals surface area contributed by atoms with Crippen LogP contribution in [0.1, 0.15) is 61.8 Å². The summed E-state index contributed by atoms with van der Waals surface area (Å²) in [6, 6.07) is 13.8. The van der Waals surface area contributed by atoms with Crippen molar-refractivity contribution in [3.8, 4) is 0 Å². The van der Waals surface area contributed by atoms with E-state index in [1.165, 1.54) is 16.4 Å². The van der Waals surface area contributed by atoms with Crippen molar-refractivity contribution < 1.29 is 21.6 Å². The van der Waals surface area contributed by atoms with E-state index in [-0.39, 0.29) is 42.6 Å². The van der Waals surface area contributed by atoms with Gasteiger partial charge < -0.3 is 16.0 Å². The summed E-state index contributed by atoms with van der Waals surface area (Å²) in [6.45, 7) is 5.62.